The lowest BCUT2D eigenvalue weighted by Crippen LogP contribution is -2.01. The molecule has 0 aliphatic heterocycles. The minimum atomic E-state index is -0.903. The average molecular weight is 228 g/mol. The normalized spacial score (nSPS) is 14.8. The maximum atomic E-state index is 11.3. The molecule has 0 bridgehead atoms. The van der Waals surface area contributed by atoms with Crippen molar-refractivity contribution in [2.24, 2.45) is 0 Å². The molecule has 1 aliphatic rings. The largest absolute Gasteiger partial charge is 0.478 e. The van der Waals surface area contributed by atoms with Gasteiger partial charge in [-0.3, -0.25) is 5.10 Å². The van der Waals surface area contributed by atoms with Crippen LogP contribution in [-0.2, 0) is 0 Å². The molecule has 1 aromatic carbocycles. The summed E-state index contributed by atoms with van der Waals surface area (Å²) < 4.78 is 0. The molecule has 0 saturated heterocycles. The average Bonchev–Trinajstić information content (AvgIpc) is 3.08. The summed E-state index contributed by atoms with van der Waals surface area (Å²) in [5, 5.41) is 16.4. The minimum absolute atomic E-state index is 0.332. The van der Waals surface area contributed by atoms with Gasteiger partial charge in [-0.2, -0.15) is 5.10 Å². The lowest BCUT2D eigenvalue weighted by atomic mass is 10.0. The maximum absolute atomic E-state index is 11.3. The molecule has 2 N–H and O–H groups in total. The number of carboxylic acid groups (broad SMARTS) is 1. The number of nitrogens with zero attached hydrogens (tertiary/aromatic N) is 1. The van der Waals surface area contributed by atoms with Crippen LogP contribution in [0.3, 0.4) is 0 Å². The molecule has 1 heterocycles. The third-order valence-electron chi connectivity index (χ3n) is 3.04. The van der Waals surface area contributed by atoms with Crippen LogP contribution >= 0.6 is 0 Å². The monoisotopic (exact) mass is 228 g/mol. The first-order valence-electron chi connectivity index (χ1n) is 5.64. The fourth-order valence-electron chi connectivity index (χ4n) is 2.04. The Hall–Kier alpha value is -2.10. The zero-order chi connectivity index (χ0) is 11.8. The van der Waals surface area contributed by atoms with Crippen LogP contribution in [-0.4, -0.2) is 21.3 Å². The predicted octanol–water partition coefficient (Wildman–Crippen LogP) is 2.65. The van der Waals surface area contributed by atoms with E-state index in [0.29, 0.717) is 17.2 Å². The molecule has 0 amide bonds. The Morgan fingerprint density at radius 2 is 2.00 bits per heavy atom. The van der Waals surface area contributed by atoms with E-state index in [1.165, 1.54) is 0 Å². The SMILES string of the molecule is O=C(O)c1c(-c2ccccc2)n[nH]c1C1CC1. The van der Waals surface area contributed by atoms with Crippen LogP contribution in [0, 0.1) is 0 Å². The van der Waals surface area contributed by atoms with E-state index in [-0.39, 0.29) is 0 Å². The van der Waals surface area contributed by atoms with Crippen molar-refractivity contribution in [1.29, 1.82) is 0 Å². The smallest absolute Gasteiger partial charge is 0.339 e. The van der Waals surface area contributed by atoms with Crippen LogP contribution in [0.5, 0.6) is 0 Å². The van der Waals surface area contributed by atoms with Crippen LogP contribution in [0.1, 0.15) is 34.8 Å². The molecule has 0 atom stereocenters. The highest BCUT2D eigenvalue weighted by molar-refractivity contribution is 5.96. The van der Waals surface area contributed by atoms with Gasteiger partial charge in [0.1, 0.15) is 11.3 Å². The Bertz CT molecular complexity index is 556. The highest BCUT2D eigenvalue weighted by atomic mass is 16.4. The summed E-state index contributed by atoms with van der Waals surface area (Å²) in [5.74, 6) is -0.550. The Balaban J connectivity index is 2.14. The van der Waals surface area contributed by atoms with Gasteiger partial charge < -0.3 is 5.11 Å². The highest BCUT2D eigenvalue weighted by Crippen LogP contribution is 2.42. The summed E-state index contributed by atoms with van der Waals surface area (Å²) in [6.45, 7) is 0. The van der Waals surface area contributed by atoms with E-state index in [0.717, 1.165) is 24.1 Å². The number of nitrogens with one attached hydrogen (secondary N) is 1. The quantitative estimate of drug-likeness (QED) is 0.848. The molecule has 17 heavy (non-hydrogen) atoms. The zero-order valence-corrected chi connectivity index (χ0v) is 9.18. The summed E-state index contributed by atoms with van der Waals surface area (Å²) in [7, 11) is 0. The molecule has 1 saturated carbocycles. The second kappa shape index (κ2) is 3.73. The van der Waals surface area contributed by atoms with E-state index in [2.05, 4.69) is 10.2 Å². The third kappa shape index (κ3) is 1.71. The number of rotatable bonds is 3. The number of H-pyrrole nitrogens is 1. The van der Waals surface area contributed by atoms with E-state index in [1.807, 2.05) is 30.3 Å². The third-order valence-corrected chi connectivity index (χ3v) is 3.04. The van der Waals surface area contributed by atoms with Gasteiger partial charge in [0.2, 0.25) is 0 Å². The van der Waals surface area contributed by atoms with Gasteiger partial charge in [0, 0.05) is 11.5 Å². The summed E-state index contributed by atoms with van der Waals surface area (Å²) in [4.78, 5) is 11.3. The fraction of sp³-hybridized carbons (Fsp3) is 0.231. The zero-order valence-electron chi connectivity index (χ0n) is 9.18. The standard InChI is InChI=1S/C13H12N2O2/c16-13(17)10-11(8-4-2-1-3-5-8)14-15-12(10)9-6-7-9/h1-5,9H,6-7H2,(H,14,15)(H,16,17). The van der Waals surface area contributed by atoms with Crippen LogP contribution in [0.2, 0.25) is 0 Å². The van der Waals surface area contributed by atoms with E-state index in [9.17, 15) is 9.90 Å². The Morgan fingerprint density at radius 1 is 1.29 bits per heavy atom. The van der Waals surface area contributed by atoms with Crippen molar-refractivity contribution < 1.29 is 9.90 Å². The minimum Gasteiger partial charge on any atom is -0.478 e. The van der Waals surface area contributed by atoms with Gasteiger partial charge >= 0.3 is 5.97 Å². The summed E-state index contributed by atoms with van der Waals surface area (Å²) in [6.07, 6.45) is 2.10. The Labute approximate surface area is 98.3 Å². The van der Waals surface area contributed by atoms with E-state index >= 15 is 0 Å². The fourth-order valence-corrected chi connectivity index (χ4v) is 2.04. The van der Waals surface area contributed by atoms with Gasteiger partial charge in [0.15, 0.2) is 0 Å². The Morgan fingerprint density at radius 3 is 2.59 bits per heavy atom. The molecule has 1 fully saturated rings. The van der Waals surface area contributed by atoms with E-state index in [1.54, 1.807) is 0 Å². The number of aromatic nitrogens is 2. The van der Waals surface area contributed by atoms with E-state index in [4.69, 9.17) is 0 Å². The van der Waals surface area contributed by atoms with Crippen molar-refractivity contribution in [1.82, 2.24) is 10.2 Å². The first kappa shape index (κ1) is 10.1. The molecule has 2 aromatic rings. The van der Waals surface area contributed by atoms with Crippen molar-refractivity contribution in [2.75, 3.05) is 0 Å². The van der Waals surface area contributed by atoms with Gasteiger partial charge in [-0.05, 0) is 12.8 Å². The number of aromatic carboxylic acids is 1. The van der Waals surface area contributed by atoms with E-state index < -0.39 is 5.97 Å². The highest BCUT2D eigenvalue weighted by Gasteiger charge is 2.32. The van der Waals surface area contributed by atoms with Crippen molar-refractivity contribution in [3.05, 3.63) is 41.6 Å². The summed E-state index contributed by atoms with van der Waals surface area (Å²) >= 11 is 0. The second-order valence-electron chi connectivity index (χ2n) is 4.31. The molecule has 4 nitrogen and oxygen atoms in total. The van der Waals surface area contributed by atoms with Crippen molar-refractivity contribution in [2.45, 2.75) is 18.8 Å². The Kier molecular flexibility index (Phi) is 2.21. The summed E-state index contributed by atoms with van der Waals surface area (Å²) in [5.41, 5.74) is 2.49. The van der Waals surface area contributed by atoms with Crippen LogP contribution in [0.4, 0.5) is 0 Å². The van der Waals surface area contributed by atoms with Crippen molar-refractivity contribution >= 4 is 5.97 Å². The van der Waals surface area contributed by atoms with Gasteiger partial charge in [0.05, 0.1) is 5.69 Å². The number of hydrogen-bond acceptors (Lipinski definition) is 2. The molecule has 1 aliphatic carbocycles. The first-order chi connectivity index (χ1) is 8.27. The molecule has 86 valence electrons. The first-order valence-corrected chi connectivity index (χ1v) is 5.64. The van der Waals surface area contributed by atoms with Crippen molar-refractivity contribution in [3.8, 4) is 11.3 Å². The molecule has 3 rings (SSSR count). The van der Waals surface area contributed by atoms with Crippen LogP contribution in [0.25, 0.3) is 11.3 Å². The molecular weight excluding hydrogens is 216 g/mol. The van der Waals surface area contributed by atoms with Gasteiger partial charge in [0.25, 0.3) is 0 Å². The number of carbonyl (C=O) groups is 1. The van der Waals surface area contributed by atoms with Gasteiger partial charge in [-0.25, -0.2) is 4.79 Å². The maximum Gasteiger partial charge on any atom is 0.339 e. The lowest BCUT2D eigenvalue weighted by Gasteiger charge is -2.00. The molecule has 4 heteroatoms. The summed E-state index contributed by atoms with van der Waals surface area (Å²) in [6, 6.07) is 9.41. The number of carboxylic acids is 1. The van der Waals surface area contributed by atoms with Gasteiger partial charge in [-0.15, -0.1) is 0 Å². The predicted molar refractivity (Wildman–Crippen MR) is 63.0 cm³/mol. The second-order valence-corrected chi connectivity index (χ2v) is 4.31. The topological polar surface area (TPSA) is 66.0 Å². The molecular formula is C13H12N2O2. The molecule has 0 radical (unpaired) electrons. The number of aromatic amines is 1. The lowest BCUT2D eigenvalue weighted by molar-refractivity contribution is 0.0696. The number of benzene rings is 1. The number of hydrogen-bond donors (Lipinski definition) is 2. The molecule has 1 aromatic heterocycles. The molecule has 0 unspecified atom stereocenters. The van der Waals surface area contributed by atoms with Crippen molar-refractivity contribution in [3.63, 3.8) is 0 Å². The van der Waals surface area contributed by atoms with Crippen LogP contribution in [0.15, 0.2) is 30.3 Å². The van der Waals surface area contributed by atoms with Gasteiger partial charge in [-0.1, -0.05) is 30.3 Å². The molecule has 0 spiro atoms. The van der Waals surface area contributed by atoms with Crippen LogP contribution < -0.4 is 0 Å².